The number of alkyl halides is 1. The number of halogens is 1. The van der Waals surface area contributed by atoms with E-state index in [0.29, 0.717) is 0 Å². The number of aromatic nitrogens is 2. The first kappa shape index (κ1) is 30.7. The van der Waals surface area contributed by atoms with Crippen molar-refractivity contribution in [3.05, 3.63) is 62.9 Å². The number of nitrogens with zero attached hydrogens (tertiary/aromatic N) is 1. The van der Waals surface area contributed by atoms with Gasteiger partial charge < -0.3 is 23.5 Å². The molecule has 15 heteroatoms. The van der Waals surface area contributed by atoms with Gasteiger partial charge in [0, 0.05) is 32.4 Å². The van der Waals surface area contributed by atoms with Gasteiger partial charge in [-0.25, -0.2) is 18.8 Å². The van der Waals surface area contributed by atoms with E-state index >= 15 is 4.39 Å². The number of benzene rings is 1. The third-order valence-electron chi connectivity index (χ3n) is 5.86. The summed E-state index contributed by atoms with van der Waals surface area (Å²) in [5.74, 6) is -0.509. The molecule has 1 aliphatic heterocycles. The van der Waals surface area contributed by atoms with Gasteiger partial charge in [-0.05, 0) is 26.0 Å². The molecule has 0 aliphatic carbocycles. The van der Waals surface area contributed by atoms with Crippen LogP contribution in [0.3, 0.4) is 0 Å². The molecule has 1 aromatic carbocycles. The summed E-state index contributed by atoms with van der Waals surface area (Å²) in [7, 11) is -1.40. The van der Waals surface area contributed by atoms with E-state index in [9.17, 15) is 18.9 Å². The van der Waals surface area contributed by atoms with Gasteiger partial charge in [0.1, 0.15) is 11.9 Å². The summed E-state index contributed by atoms with van der Waals surface area (Å²) >= 11 is 0. The topological polar surface area (TPSA) is 156 Å². The van der Waals surface area contributed by atoms with Crippen LogP contribution in [0, 0.1) is 6.92 Å². The van der Waals surface area contributed by atoms with Gasteiger partial charge in [-0.15, -0.1) is 0 Å². The zero-order chi connectivity index (χ0) is 28.7. The van der Waals surface area contributed by atoms with E-state index in [2.05, 4.69) is 10.1 Å². The Morgan fingerprint density at radius 2 is 1.90 bits per heavy atom. The molecule has 2 N–H and O–H groups in total. The van der Waals surface area contributed by atoms with E-state index in [-0.39, 0.29) is 17.7 Å². The molecular formula is C24H33FN3O10P. The summed E-state index contributed by atoms with van der Waals surface area (Å²) in [5, 5.41) is 2.72. The number of ether oxygens (including phenoxy) is 4. The largest absolute Gasteiger partial charge is 0.459 e. The fraction of sp³-hybridized carbons (Fsp3) is 0.542. The first-order valence-electron chi connectivity index (χ1n) is 12.2. The molecule has 39 heavy (non-hydrogen) atoms. The number of methoxy groups -OCH3 is 2. The summed E-state index contributed by atoms with van der Waals surface area (Å²) in [6.45, 7) is 4.02. The Kier molecular flexibility index (Phi) is 10.6. The van der Waals surface area contributed by atoms with Gasteiger partial charge in [-0.2, -0.15) is 0 Å². The second-order valence-corrected chi connectivity index (χ2v) is 10.4. The van der Waals surface area contributed by atoms with Crippen molar-refractivity contribution < 1.29 is 41.7 Å². The highest BCUT2D eigenvalue weighted by atomic mass is 31.2. The van der Waals surface area contributed by atoms with Gasteiger partial charge in [0.15, 0.2) is 24.8 Å². The maximum Gasteiger partial charge on any atom is 0.459 e. The van der Waals surface area contributed by atoms with Crippen molar-refractivity contribution in [2.75, 3.05) is 20.8 Å². The van der Waals surface area contributed by atoms with Crippen LogP contribution in [0.5, 0.6) is 5.75 Å². The second kappa shape index (κ2) is 13.5. The number of H-pyrrole nitrogens is 1. The second-order valence-electron chi connectivity index (χ2n) is 8.75. The fourth-order valence-electron chi connectivity index (χ4n) is 3.90. The quantitative estimate of drug-likeness (QED) is 0.206. The van der Waals surface area contributed by atoms with Crippen molar-refractivity contribution in [2.24, 2.45) is 0 Å². The lowest BCUT2D eigenvalue weighted by atomic mass is 10.1. The highest BCUT2D eigenvalue weighted by molar-refractivity contribution is 7.52. The van der Waals surface area contributed by atoms with Crippen molar-refractivity contribution in [2.45, 2.75) is 64.1 Å². The van der Waals surface area contributed by atoms with E-state index in [0.717, 1.165) is 10.8 Å². The predicted octanol–water partition coefficient (Wildman–Crippen LogP) is 2.20. The number of rotatable bonds is 13. The highest BCUT2D eigenvalue weighted by Crippen LogP contribution is 2.46. The zero-order valence-electron chi connectivity index (χ0n) is 22.2. The first-order valence-corrected chi connectivity index (χ1v) is 13.7. The molecule has 0 saturated carbocycles. The fourth-order valence-corrected chi connectivity index (χ4v) is 5.44. The molecule has 0 radical (unpaired) electrons. The Balaban J connectivity index is 1.88. The maximum absolute atomic E-state index is 15.6. The predicted molar refractivity (Wildman–Crippen MR) is 136 cm³/mol. The van der Waals surface area contributed by atoms with Crippen molar-refractivity contribution in [3.8, 4) is 5.75 Å². The molecule has 216 valence electrons. The van der Waals surface area contributed by atoms with Gasteiger partial charge in [0.05, 0.1) is 12.6 Å². The molecule has 1 fully saturated rings. The van der Waals surface area contributed by atoms with Crippen LogP contribution in [-0.4, -0.2) is 67.1 Å². The lowest BCUT2D eigenvalue weighted by Gasteiger charge is -2.28. The summed E-state index contributed by atoms with van der Waals surface area (Å²) in [4.78, 5) is 38.3. The van der Waals surface area contributed by atoms with Gasteiger partial charge in [-0.3, -0.25) is 23.7 Å². The zero-order valence-corrected chi connectivity index (χ0v) is 23.1. The van der Waals surface area contributed by atoms with Crippen LogP contribution in [0.25, 0.3) is 0 Å². The monoisotopic (exact) mass is 573 g/mol. The third-order valence-corrected chi connectivity index (χ3v) is 7.52. The molecule has 2 aromatic rings. The van der Waals surface area contributed by atoms with Crippen molar-refractivity contribution >= 4 is 13.7 Å². The van der Waals surface area contributed by atoms with E-state index in [1.165, 1.54) is 28.1 Å². The SMILES string of the molecule is CCC(=O)O[C@@H]1[C@@H](F)[C@@H](n2cc(C)c(=O)[nH]c2=O)O[C@H]1COP(=O)(N[C@@H](C)C(OC)OC)Oc1ccccc1. The van der Waals surface area contributed by atoms with E-state index in [1.807, 2.05) is 0 Å². The van der Waals surface area contributed by atoms with E-state index in [4.69, 9.17) is 28.0 Å². The Bertz CT molecular complexity index is 1270. The standard InChI is InChI=1S/C24H33FN3O10P/c1-6-18(29)37-20-17(36-22(19(20)25)28-12-14(2)21(30)26-24(28)31)13-35-39(32,27-15(3)23(33-4)34-5)38-16-10-8-7-9-11-16/h7-12,15,17,19-20,22-23H,6,13H2,1-5H3,(H,27,32)(H,26,30,31)/t15-,17-,19+,20-,22-,39?/m0/s1. The molecule has 0 spiro atoms. The Hall–Kier alpha value is -2.87. The number of aryl methyl sites for hydroxylation is 1. The Morgan fingerprint density at radius 1 is 1.23 bits per heavy atom. The van der Waals surface area contributed by atoms with Crippen LogP contribution >= 0.6 is 7.75 Å². The van der Waals surface area contributed by atoms with Gasteiger partial charge in [0.25, 0.3) is 5.56 Å². The Labute approximate surface area is 224 Å². The molecule has 1 saturated heterocycles. The number of esters is 1. The van der Waals surface area contributed by atoms with Crippen molar-refractivity contribution in [1.29, 1.82) is 0 Å². The molecule has 6 atom stereocenters. The van der Waals surface area contributed by atoms with Crippen LogP contribution in [-0.2, 0) is 32.8 Å². The molecule has 3 rings (SSSR count). The summed E-state index contributed by atoms with van der Waals surface area (Å²) < 4.78 is 63.0. The lowest BCUT2D eigenvalue weighted by molar-refractivity contribution is -0.154. The Morgan fingerprint density at radius 3 is 2.51 bits per heavy atom. The smallest absolute Gasteiger partial charge is 0.456 e. The van der Waals surface area contributed by atoms with Crippen LogP contribution in [0.4, 0.5) is 4.39 Å². The molecule has 1 unspecified atom stereocenters. The first-order chi connectivity index (χ1) is 18.5. The summed E-state index contributed by atoms with van der Waals surface area (Å²) in [5.41, 5.74) is -1.42. The average Bonchev–Trinajstić information content (AvgIpc) is 3.20. The van der Waals surface area contributed by atoms with E-state index < -0.39 is 68.5 Å². The van der Waals surface area contributed by atoms with Crippen LogP contribution in [0.15, 0.2) is 46.1 Å². The normalized spacial score (nSPS) is 23.4. The molecule has 13 nitrogen and oxygen atoms in total. The van der Waals surface area contributed by atoms with Crippen molar-refractivity contribution in [3.63, 3.8) is 0 Å². The number of carbonyl (C=O) groups excluding carboxylic acids is 1. The summed E-state index contributed by atoms with van der Waals surface area (Å²) in [6.07, 6.45) is -6.14. The van der Waals surface area contributed by atoms with Gasteiger partial charge in [-0.1, -0.05) is 25.1 Å². The minimum atomic E-state index is -4.20. The van der Waals surface area contributed by atoms with Crippen LogP contribution in [0.1, 0.15) is 32.1 Å². The highest BCUT2D eigenvalue weighted by Gasteiger charge is 2.50. The van der Waals surface area contributed by atoms with Crippen LogP contribution < -0.4 is 20.9 Å². The molecule has 1 aromatic heterocycles. The van der Waals surface area contributed by atoms with Crippen LogP contribution in [0.2, 0.25) is 0 Å². The number of aromatic amines is 1. The minimum absolute atomic E-state index is 0.0523. The molecule has 0 bridgehead atoms. The number of carbonyl (C=O) groups is 1. The third kappa shape index (κ3) is 7.62. The molecule has 2 heterocycles. The number of hydrogen-bond donors (Lipinski definition) is 2. The van der Waals surface area contributed by atoms with Gasteiger partial charge in [0.2, 0.25) is 0 Å². The van der Waals surface area contributed by atoms with Gasteiger partial charge >= 0.3 is 19.4 Å². The molecular weight excluding hydrogens is 540 g/mol. The number of hydrogen-bond acceptors (Lipinski definition) is 10. The van der Waals surface area contributed by atoms with Crippen molar-refractivity contribution in [1.82, 2.24) is 14.6 Å². The maximum atomic E-state index is 15.6. The lowest BCUT2D eigenvalue weighted by Crippen LogP contribution is -2.40. The minimum Gasteiger partial charge on any atom is -0.456 e. The average molecular weight is 574 g/mol. The molecule has 0 amide bonds. The number of para-hydroxylation sites is 1. The van der Waals surface area contributed by atoms with E-state index in [1.54, 1.807) is 37.3 Å². The molecule has 1 aliphatic rings. The number of nitrogens with one attached hydrogen (secondary N) is 2. The summed E-state index contributed by atoms with van der Waals surface area (Å²) in [6, 6.07) is 7.49.